The number of hydrogen-bond acceptors (Lipinski definition) is 3. The second-order valence-electron chi connectivity index (χ2n) is 5.04. The summed E-state index contributed by atoms with van der Waals surface area (Å²) in [5.41, 5.74) is 0.229. The molecule has 0 aliphatic heterocycles. The van der Waals surface area contributed by atoms with Gasteiger partial charge in [0.15, 0.2) is 6.10 Å². The second-order valence-corrected chi connectivity index (χ2v) is 5.04. The van der Waals surface area contributed by atoms with Gasteiger partial charge >= 0.3 is 5.97 Å². The fourth-order valence-corrected chi connectivity index (χ4v) is 2.26. The molecule has 1 aromatic rings. The van der Waals surface area contributed by atoms with Crippen LogP contribution in [0.25, 0.3) is 0 Å². The minimum atomic E-state index is -0.854. The molecule has 0 saturated heterocycles. The Bertz CT molecular complexity index is 480. The van der Waals surface area contributed by atoms with E-state index in [0.29, 0.717) is 0 Å². The smallest absolute Gasteiger partial charge is 0.338 e. The highest BCUT2D eigenvalue weighted by molar-refractivity contribution is 5.92. The van der Waals surface area contributed by atoms with Crippen molar-refractivity contribution in [2.45, 2.75) is 44.8 Å². The molecule has 4 nitrogen and oxygen atoms in total. The fraction of sp³-hybridized carbons (Fsp3) is 0.467. The van der Waals surface area contributed by atoms with Crippen molar-refractivity contribution in [2.75, 3.05) is 0 Å². The summed E-state index contributed by atoms with van der Waals surface area (Å²) in [6, 6.07) is 5.22. The molecule has 0 aromatic heterocycles. The molecular weight excluding hydrogens is 261 g/mol. The number of esters is 1. The van der Waals surface area contributed by atoms with Crippen LogP contribution in [0.1, 0.15) is 43.0 Å². The van der Waals surface area contributed by atoms with Crippen LogP contribution in [0.2, 0.25) is 0 Å². The molecule has 1 saturated carbocycles. The van der Waals surface area contributed by atoms with Gasteiger partial charge in [-0.2, -0.15) is 0 Å². The number of hydrogen-bond donors (Lipinski definition) is 1. The normalized spacial score (nSPS) is 16.7. The van der Waals surface area contributed by atoms with Gasteiger partial charge in [0.1, 0.15) is 5.82 Å². The Kier molecular flexibility index (Phi) is 4.71. The van der Waals surface area contributed by atoms with Gasteiger partial charge in [0, 0.05) is 6.04 Å². The van der Waals surface area contributed by atoms with Crippen LogP contribution >= 0.6 is 0 Å². The fourth-order valence-electron chi connectivity index (χ4n) is 2.26. The van der Waals surface area contributed by atoms with Gasteiger partial charge in [-0.05, 0) is 44.0 Å². The first-order chi connectivity index (χ1) is 9.56. The van der Waals surface area contributed by atoms with Crippen molar-refractivity contribution in [1.29, 1.82) is 0 Å². The van der Waals surface area contributed by atoms with E-state index in [2.05, 4.69) is 5.32 Å². The van der Waals surface area contributed by atoms with Gasteiger partial charge in [-0.1, -0.05) is 12.8 Å². The van der Waals surface area contributed by atoms with Gasteiger partial charge in [0.05, 0.1) is 5.56 Å². The molecule has 0 heterocycles. The van der Waals surface area contributed by atoms with Crippen molar-refractivity contribution in [2.24, 2.45) is 0 Å². The summed E-state index contributed by atoms with van der Waals surface area (Å²) in [5, 5.41) is 2.87. The molecule has 0 bridgehead atoms. The molecule has 1 atom stereocenters. The Balaban J connectivity index is 1.86. The van der Waals surface area contributed by atoms with Crippen LogP contribution in [0, 0.1) is 5.82 Å². The zero-order chi connectivity index (χ0) is 14.5. The van der Waals surface area contributed by atoms with Crippen LogP contribution in [0.3, 0.4) is 0 Å². The second kappa shape index (κ2) is 6.50. The zero-order valence-corrected chi connectivity index (χ0v) is 11.4. The van der Waals surface area contributed by atoms with Crippen molar-refractivity contribution < 1.29 is 18.7 Å². The highest BCUT2D eigenvalue weighted by Gasteiger charge is 2.23. The number of amides is 1. The maximum Gasteiger partial charge on any atom is 0.338 e. The van der Waals surface area contributed by atoms with E-state index in [1.165, 1.54) is 31.2 Å². The summed E-state index contributed by atoms with van der Waals surface area (Å²) < 4.78 is 17.8. The molecule has 1 amide bonds. The van der Waals surface area contributed by atoms with Crippen LogP contribution in [-0.2, 0) is 9.53 Å². The number of halogens is 1. The van der Waals surface area contributed by atoms with E-state index in [1.807, 2.05) is 0 Å². The number of benzene rings is 1. The Morgan fingerprint density at radius 1 is 1.25 bits per heavy atom. The third-order valence-corrected chi connectivity index (χ3v) is 3.43. The summed E-state index contributed by atoms with van der Waals surface area (Å²) in [6.07, 6.45) is 3.34. The van der Waals surface area contributed by atoms with Gasteiger partial charge in [-0.15, -0.1) is 0 Å². The number of carbonyl (C=O) groups is 2. The summed E-state index contributed by atoms with van der Waals surface area (Å²) in [7, 11) is 0. The van der Waals surface area contributed by atoms with Gasteiger partial charge < -0.3 is 10.1 Å². The van der Waals surface area contributed by atoms with Crippen LogP contribution in [-0.4, -0.2) is 24.0 Å². The molecular formula is C15H18FNO3. The van der Waals surface area contributed by atoms with E-state index < -0.39 is 17.9 Å². The van der Waals surface area contributed by atoms with Gasteiger partial charge in [-0.25, -0.2) is 9.18 Å². The highest BCUT2D eigenvalue weighted by Crippen LogP contribution is 2.17. The van der Waals surface area contributed by atoms with Crippen molar-refractivity contribution in [3.05, 3.63) is 35.6 Å². The molecule has 1 N–H and O–H groups in total. The van der Waals surface area contributed by atoms with E-state index in [9.17, 15) is 14.0 Å². The maximum absolute atomic E-state index is 12.8. The third-order valence-electron chi connectivity index (χ3n) is 3.43. The van der Waals surface area contributed by atoms with E-state index >= 15 is 0 Å². The molecule has 1 aromatic carbocycles. The maximum atomic E-state index is 12.8. The first-order valence-electron chi connectivity index (χ1n) is 6.83. The van der Waals surface area contributed by atoms with E-state index in [4.69, 9.17) is 4.74 Å². The molecule has 20 heavy (non-hydrogen) atoms. The number of carbonyl (C=O) groups excluding carboxylic acids is 2. The number of rotatable bonds is 4. The highest BCUT2D eigenvalue weighted by atomic mass is 19.1. The quantitative estimate of drug-likeness (QED) is 0.861. The molecule has 1 unspecified atom stereocenters. The van der Waals surface area contributed by atoms with E-state index in [0.717, 1.165) is 25.7 Å². The standard InChI is InChI=1S/C15H18FNO3/c1-10(14(18)17-13-4-2-3-5-13)20-15(19)11-6-8-12(16)9-7-11/h6-10,13H,2-5H2,1H3,(H,17,18). The molecule has 5 heteroatoms. The van der Waals surface area contributed by atoms with Crippen molar-refractivity contribution >= 4 is 11.9 Å². The van der Waals surface area contributed by atoms with Gasteiger partial charge in [0.2, 0.25) is 0 Å². The summed E-state index contributed by atoms with van der Waals surface area (Å²) in [6.45, 7) is 1.53. The van der Waals surface area contributed by atoms with Gasteiger partial charge in [-0.3, -0.25) is 4.79 Å². The lowest BCUT2D eigenvalue weighted by atomic mass is 10.2. The summed E-state index contributed by atoms with van der Waals surface area (Å²) in [4.78, 5) is 23.7. The Labute approximate surface area is 117 Å². The largest absolute Gasteiger partial charge is 0.449 e. The first-order valence-corrected chi connectivity index (χ1v) is 6.83. The minimum absolute atomic E-state index is 0.189. The summed E-state index contributed by atoms with van der Waals surface area (Å²) in [5.74, 6) is -1.33. The lowest BCUT2D eigenvalue weighted by molar-refractivity contribution is -0.129. The molecule has 1 fully saturated rings. The molecule has 0 spiro atoms. The van der Waals surface area contributed by atoms with E-state index in [1.54, 1.807) is 0 Å². The average molecular weight is 279 g/mol. The first kappa shape index (κ1) is 14.5. The number of ether oxygens (including phenoxy) is 1. The molecule has 1 aliphatic carbocycles. The molecule has 1 aliphatic rings. The lowest BCUT2D eigenvalue weighted by Crippen LogP contribution is -2.40. The predicted octanol–water partition coefficient (Wildman–Crippen LogP) is 2.43. The van der Waals surface area contributed by atoms with Crippen LogP contribution in [0.15, 0.2) is 24.3 Å². The molecule has 0 radical (unpaired) electrons. The van der Waals surface area contributed by atoms with Crippen molar-refractivity contribution in [3.63, 3.8) is 0 Å². The SMILES string of the molecule is CC(OC(=O)c1ccc(F)cc1)C(=O)NC1CCCC1. The van der Waals surface area contributed by atoms with Crippen LogP contribution < -0.4 is 5.32 Å². The molecule has 108 valence electrons. The van der Waals surface area contributed by atoms with Crippen molar-refractivity contribution in [1.82, 2.24) is 5.32 Å². The van der Waals surface area contributed by atoms with Crippen LogP contribution in [0.4, 0.5) is 4.39 Å². The van der Waals surface area contributed by atoms with Crippen molar-refractivity contribution in [3.8, 4) is 0 Å². The average Bonchev–Trinajstić information content (AvgIpc) is 2.92. The Morgan fingerprint density at radius 3 is 2.45 bits per heavy atom. The Morgan fingerprint density at radius 2 is 1.85 bits per heavy atom. The van der Waals surface area contributed by atoms with E-state index in [-0.39, 0.29) is 17.5 Å². The Hall–Kier alpha value is -1.91. The minimum Gasteiger partial charge on any atom is -0.449 e. The summed E-state index contributed by atoms with van der Waals surface area (Å²) >= 11 is 0. The molecule has 2 rings (SSSR count). The predicted molar refractivity (Wildman–Crippen MR) is 71.7 cm³/mol. The number of nitrogens with one attached hydrogen (secondary N) is 1. The topological polar surface area (TPSA) is 55.4 Å². The zero-order valence-electron chi connectivity index (χ0n) is 11.4. The van der Waals surface area contributed by atoms with Gasteiger partial charge in [0.25, 0.3) is 5.91 Å². The van der Waals surface area contributed by atoms with Crippen LogP contribution in [0.5, 0.6) is 0 Å². The lowest BCUT2D eigenvalue weighted by Gasteiger charge is -2.17. The monoisotopic (exact) mass is 279 g/mol. The third kappa shape index (κ3) is 3.79.